The van der Waals surface area contributed by atoms with Crippen LogP contribution in [0.25, 0.3) is 5.69 Å². The number of nitriles is 1. The normalized spacial score (nSPS) is 10.6. The van der Waals surface area contributed by atoms with Crippen molar-refractivity contribution in [3.8, 4) is 11.8 Å². The van der Waals surface area contributed by atoms with Crippen molar-refractivity contribution < 1.29 is 5.11 Å². The Hall–Kier alpha value is -2.42. The first-order valence-corrected chi connectivity index (χ1v) is 7.19. The average molecular weight is 296 g/mol. The number of aliphatic hydroxyl groups is 1. The summed E-state index contributed by atoms with van der Waals surface area (Å²) in [5.41, 5.74) is 3.06. The van der Waals surface area contributed by atoms with Crippen LogP contribution in [-0.4, -0.2) is 39.5 Å². The van der Waals surface area contributed by atoms with E-state index in [0.717, 1.165) is 11.4 Å². The number of aryl methyl sites for hydroxylation is 1. The Kier molecular flexibility index (Phi) is 5.48. The molecule has 0 amide bonds. The molecule has 0 saturated heterocycles. The van der Waals surface area contributed by atoms with Crippen molar-refractivity contribution in [2.24, 2.45) is 0 Å². The Morgan fingerprint density at radius 1 is 1.41 bits per heavy atom. The third kappa shape index (κ3) is 3.42. The molecule has 0 aliphatic carbocycles. The molecule has 0 aliphatic heterocycles. The lowest BCUT2D eigenvalue weighted by molar-refractivity contribution is 0.201. The molecule has 5 heteroatoms. The van der Waals surface area contributed by atoms with E-state index in [1.165, 1.54) is 0 Å². The number of hydrogen-bond acceptors (Lipinski definition) is 4. The smallest absolute Gasteiger partial charge is 0.103 e. The maximum atomic E-state index is 9.44. The third-order valence-corrected chi connectivity index (χ3v) is 3.45. The van der Waals surface area contributed by atoms with Gasteiger partial charge in [-0.15, -0.1) is 6.58 Å². The maximum absolute atomic E-state index is 9.44. The van der Waals surface area contributed by atoms with Crippen LogP contribution in [0.4, 0.5) is 0 Å². The van der Waals surface area contributed by atoms with Gasteiger partial charge in [-0.3, -0.25) is 4.90 Å². The number of benzene rings is 1. The SMILES string of the molecule is C=CCN(CCO)Cc1c(C#N)c(C)nn1-c1ccccc1. The second-order valence-electron chi connectivity index (χ2n) is 5.01. The Labute approximate surface area is 130 Å². The second kappa shape index (κ2) is 7.55. The standard InChI is InChI=1S/C17H20N4O/c1-3-9-20(10-11-22)13-17-16(12-18)14(2)19-21(17)15-7-5-4-6-8-15/h3-8,22H,1,9-11,13H2,2H3. The van der Waals surface area contributed by atoms with Crippen molar-refractivity contribution in [1.29, 1.82) is 5.26 Å². The van der Waals surface area contributed by atoms with Gasteiger partial charge in [0.2, 0.25) is 0 Å². The van der Waals surface area contributed by atoms with Crippen molar-refractivity contribution in [2.75, 3.05) is 19.7 Å². The van der Waals surface area contributed by atoms with Crippen molar-refractivity contribution in [3.05, 3.63) is 59.9 Å². The zero-order valence-electron chi connectivity index (χ0n) is 12.7. The molecule has 114 valence electrons. The molecule has 0 radical (unpaired) electrons. The fraction of sp³-hybridized carbons (Fsp3) is 0.294. The summed E-state index contributed by atoms with van der Waals surface area (Å²) in [4.78, 5) is 2.03. The highest BCUT2D eigenvalue weighted by Crippen LogP contribution is 2.19. The summed E-state index contributed by atoms with van der Waals surface area (Å²) >= 11 is 0. The van der Waals surface area contributed by atoms with E-state index in [0.29, 0.717) is 30.9 Å². The Morgan fingerprint density at radius 2 is 2.14 bits per heavy atom. The molecular formula is C17H20N4O. The van der Waals surface area contributed by atoms with E-state index in [4.69, 9.17) is 0 Å². The lowest BCUT2D eigenvalue weighted by Crippen LogP contribution is -2.28. The average Bonchev–Trinajstić information content (AvgIpc) is 2.84. The largest absolute Gasteiger partial charge is 0.395 e. The molecule has 1 aromatic carbocycles. The molecule has 2 rings (SSSR count). The van der Waals surface area contributed by atoms with E-state index >= 15 is 0 Å². The van der Waals surface area contributed by atoms with Gasteiger partial charge < -0.3 is 5.11 Å². The van der Waals surface area contributed by atoms with E-state index in [-0.39, 0.29) is 6.61 Å². The quantitative estimate of drug-likeness (QED) is 0.794. The number of nitrogens with zero attached hydrogens (tertiary/aromatic N) is 4. The summed E-state index contributed by atoms with van der Waals surface area (Å²) in [6.07, 6.45) is 1.79. The molecule has 2 aromatic rings. The van der Waals surface area contributed by atoms with Crippen molar-refractivity contribution in [1.82, 2.24) is 14.7 Å². The number of aliphatic hydroxyl groups excluding tert-OH is 1. The predicted octanol–water partition coefficient (Wildman–Crippen LogP) is 2.03. The number of aromatic nitrogens is 2. The van der Waals surface area contributed by atoms with Crippen molar-refractivity contribution in [3.63, 3.8) is 0 Å². The van der Waals surface area contributed by atoms with Gasteiger partial charge in [0.1, 0.15) is 6.07 Å². The van der Waals surface area contributed by atoms with Crippen molar-refractivity contribution in [2.45, 2.75) is 13.5 Å². The summed E-state index contributed by atoms with van der Waals surface area (Å²) in [6, 6.07) is 12.0. The third-order valence-electron chi connectivity index (χ3n) is 3.45. The van der Waals surface area contributed by atoms with Crippen LogP contribution in [0.2, 0.25) is 0 Å². The summed E-state index contributed by atoms with van der Waals surface area (Å²) in [7, 11) is 0. The highest BCUT2D eigenvalue weighted by Gasteiger charge is 2.18. The molecule has 1 heterocycles. The van der Waals surface area contributed by atoms with Crippen molar-refractivity contribution >= 4 is 0 Å². The van der Waals surface area contributed by atoms with Gasteiger partial charge >= 0.3 is 0 Å². The maximum Gasteiger partial charge on any atom is 0.103 e. The van der Waals surface area contributed by atoms with Gasteiger partial charge in [-0.05, 0) is 19.1 Å². The molecular weight excluding hydrogens is 276 g/mol. The minimum Gasteiger partial charge on any atom is -0.395 e. The first-order chi connectivity index (χ1) is 10.7. The molecule has 0 aliphatic rings. The van der Waals surface area contributed by atoms with Gasteiger partial charge in [0.15, 0.2) is 0 Å². The number of hydrogen-bond donors (Lipinski definition) is 1. The Morgan fingerprint density at radius 3 is 2.73 bits per heavy atom. The van der Waals surface area contributed by atoms with Crippen LogP contribution in [0.5, 0.6) is 0 Å². The van der Waals surface area contributed by atoms with E-state index < -0.39 is 0 Å². The monoisotopic (exact) mass is 296 g/mol. The van der Waals surface area contributed by atoms with Gasteiger partial charge in [0.25, 0.3) is 0 Å². The lowest BCUT2D eigenvalue weighted by Gasteiger charge is -2.20. The molecule has 1 aromatic heterocycles. The summed E-state index contributed by atoms with van der Waals surface area (Å²) in [5, 5.41) is 23.1. The van der Waals surface area contributed by atoms with Crippen LogP contribution in [0, 0.1) is 18.3 Å². The van der Waals surface area contributed by atoms with E-state index in [9.17, 15) is 10.4 Å². The fourth-order valence-electron chi connectivity index (χ4n) is 2.42. The zero-order valence-corrected chi connectivity index (χ0v) is 12.7. The van der Waals surface area contributed by atoms with Gasteiger partial charge in [0, 0.05) is 19.6 Å². The van der Waals surface area contributed by atoms with Crippen LogP contribution < -0.4 is 0 Å². The second-order valence-corrected chi connectivity index (χ2v) is 5.01. The summed E-state index contributed by atoms with van der Waals surface area (Å²) < 4.78 is 1.81. The van der Waals surface area contributed by atoms with Gasteiger partial charge in [-0.25, -0.2) is 4.68 Å². The number of para-hydroxylation sites is 1. The van der Waals surface area contributed by atoms with Crippen LogP contribution >= 0.6 is 0 Å². The molecule has 5 nitrogen and oxygen atoms in total. The highest BCUT2D eigenvalue weighted by atomic mass is 16.3. The topological polar surface area (TPSA) is 65.1 Å². The first-order valence-electron chi connectivity index (χ1n) is 7.19. The molecule has 1 N–H and O–H groups in total. The molecule has 0 saturated carbocycles. The van der Waals surface area contributed by atoms with Gasteiger partial charge in [-0.1, -0.05) is 24.3 Å². The van der Waals surface area contributed by atoms with Crippen LogP contribution in [0.15, 0.2) is 43.0 Å². The lowest BCUT2D eigenvalue weighted by atomic mass is 10.2. The molecule has 0 bridgehead atoms. The van der Waals surface area contributed by atoms with Crippen LogP contribution in [-0.2, 0) is 6.54 Å². The highest BCUT2D eigenvalue weighted by molar-refractivity contribution is 5.43. The molecule has 22 heavy (non-hydrogen) atoms. The first kappa shape index (κ1) is 16.0. The van der Waals surface area contributed by atoms with E-state index in [1.54, 1.807) is 10.8 Å². The molecule has 0 atom stereocenters. The minimum atomic E-state index is 0.0637. The Bertz CT molecular complexity index is 670. The van der Waals surface area contributed by atoms with Crippen LogP contribution in [0.3, 0.4) is 0 Å². The summed E-state index contributed by atoms with van der Waals surface area (Å²) in [5.74, 6) is 0. The predicted molar refractivity (Wildman–Crippen MR) is 85.6 cm³/mol. The van der Waals surface area contributed by atoms with E-state index in [1.807, 2.05) is 42.2 Å². The molecule has 0 spiro atoms. The Balaban J connectivity index is 2.44. The number of rotatable bonds is 7. The van der Waals surface area contributed by atoms with Gasteiger partial charge in [0.05, 0.1) is 29.2 Å². The van der Waals surface area contributed by atoms with Crippen LogP contribution in [0.1, 0.15) is 17.0 Å². The van der Waals surface area contributed by atoms with Gasteiger partial charge in [-0.2, -0.15) is 10.4 Å². The molecule has 0 unspecified atom stereocenters. The summed E-state index contributed by atoms with van der Waals surface area (Å²) in [6.45, 7) is 7.34. The van der Waals surface area contributed by atoms with E-state index in [2.05, 4.69) is 17.7 Å². The minimum absolute atomic E-state index is 0.0637. The molecule has 0 fully saturated rings. The zero-order chi connectivity index (χ0) is 15.9. The fourth-order valence-corrected chi connectivity index (χ4v) is 2.42.